The van der Waals surface area contributed by atoms with Crippen LogP contribution in [0.15, 0.2) is 47.4 Å². The number of hydrogen-bond acceptors (Lipinski definition) is 4. The Hall–Kier alpha value is -2.03. The van der Waals surface area contributed by atoms with E-state index >= 15 is 0 Å². The van der Waals surface area contributed by atoms with E-state index in [1.807, 2.05) is 0 Å². The van der Waals surface area contributed by atoms with Crippen LogP contribution in [0, 0.1) is 11.6 Å². The standard InChI is InChI=1S/C16H17F2NO4S/c1-22-14-9-4-3-6-11(14)15(23-2)10-19-24(20,21)16-12(17)7-5-8-13(16)18/h3-9,15,19H,10H2,1-2H3. The van der Waals surface area contributed by atoms with Crippen molar-refractivity contribution in [2.24, 2.45) is 0 Å². The Morgan fingerprint density at radius 3 is 2.25 bits per heavy atom. The maximum Gasteiger partial charge on any atom is 0.246 e. The normalized spacial score (nSPS) is 12.8. The lowest BCUT2D eigenvalue weighted by Crippen LogP contribution is -2.30. The summed E-state index contributed by atoms with van der Waals surface area (Å²) in [6.07, 6.45) is -0.689. The van der Waals surface area contributed by atoms with Crippen LogP contribution in [0.25, 0.3) is 0 Å². The van der Waals surface area contributed by atoms with Crippen molar-refractivity contribution >= 4 is 10.0 Å². The molecule has 2 aromatic rings. The van der Waals surface area contributed by atoms with E-state index in [0.717, 1.165) is 18.2 Å². The number of para-hydroxylation sites is 1. The molecule has 0 fully saturated rings. The molecule has 1 N–H and O–H groups in total. The van der Waals surface area contributed by atoms with E-state index in [2.05, 4.69) is 4.72 Å². The molecule has 0 aliphatic carbocycles. The molecule has 0 aliphatic rings. The predicted octanol–water partition coefficient (Wildman–Crippen LogP) is 2.64. The van der Waals surface area contributed by atoms with Gasteiger partial charge in [-0.2, -0.15) is 0 Å². The molecule has 2 aromatic carbocycles. The summed E-state index contributed by atoms with van der Waals surface area (Å²) >= 11 is 0. The van der Waals surface area contributed by atoms with Crippen molar-refractivity contribution in [3.8, 4) is 5.75 Å². The quantitative estimate of drug-likeness (QED) is 0.827. The molecule has 0 aliphatic heterocycles. The summed E-state index contributed by atoms with van der Waals surface area (Å²) in [5.41, 5.74) is 0.610. The van der Waals surface area contributed by atoms with Gasteiger partial charge >= 0.3 is 0 Å². The summed E-state index contributed by atoms with van der Waals surface area (Å²) in [5.74, 6) is -1.80. The Morgan fingerprint density at radius 2 is 1.67 bits per heavy atom. The fraction of sp³-hybridized carbons (Fsp3) is 0.250. The lowest BCUT2D eigenvalue weighted by molar-refractivity contribution is 0.105. The number of halogens is 2. The Balaban J connectivity index is 2.24. The third kappa shape index (κ3) is 3.89. The SMILES string of the molecule is COc1ccccc1C(CNS(=O)(=O)c1c(F)cccc1F)OC. The average Bonchev–Trinajstić information content (AvgIpc) is 2.55. The Kier molecular flexibility index (Phi) is 5.87. The van der Waals surface area contributed by atoms with Crippen molar-refractivity contribution in [1.82, 2.24) is 4.72 Å². The van der Waals surface area contributed by atoms with Crippen LogP contribution in [0.3, 0.4) is 0 Å². The van der Waals surface area contributed by atoms with Gasteiger partial charge in [-0.25, -0.2) is 21.9 Å². The van der Waals surface area contributed by atoms with Crippen LogP contribution in [0.5, 0.6) is 5.75 Å². The Morgan fingerprint density at radius 1 is 1.04 bits per heavy atom. The molecule has 8 heteroatoms. The molecule has 5 nitrogen and oxygen atoms in total. The number of ether oxygens (including phenoxy) is 2. The average molecular weight is 357 g/mol. The molecule has 0 amide bonds. The largest absolute Gasteiger partial charge is 0.496 e. The molecule has 1 unspecified atom stereocenters. The zero-order valence-electron chi connectivity index (χ0n) is 13.1. The summed E-state index contributed by atoms with van der Waals surface area (Å²) in [6, 6.07) is 9.77. The Labute approximate surface area is 139 Å². The van der Waals surface area contributed by atoms with Crippen molar-refractivity contribution in [2.75, 3.05) is 20.8 Å². The molecule has 0 saturated carbocycles. The third-order valence-electron chi connectivity index (χ3n) is 3.42. The third-order valence-corrected chi connectivity index (χ3v) is 4.89. The van der Waals surface area contributed by atoms with Gasteiger partial charge in [-0.15, -0.1) is 0 Å². The monoisotopic (exact) mass is 357 g/mol. The van der Waals surface area contributed by atoms with Gasteiger partial charge in [0.15, 0.2) is 4.90 Å². The first-order valence-electron chi connectivity index (χ1n) is 7.00. The molecule has 0 heterocycles. The highest BCUT2D eigenvalue weighted by Gasteiger charge is 2.25. The van der Waals surface area contributed by atoms with Gasteiger partial charge in [0.2, 0.25) is 10.0 Å². The molecule has 0 spiro atoms. The van der Waals surface area contributed by atoms with Gasteiger partial charge in [-0.1, -0.05) is 24.3 Å². The number of nitrogens with one attached hydrogen (secondary N) is 1. The number of methoxy groups -OCH3 is 2. The number of sulfonamides is 1. The van der Waals surface area contributed by atoms with Crippen LogP contribution < -0.4 is 9.46 Å². The summed E-state index contributed by atoms with van der Waals surface area (Å²) < 4.78 is 64.4. The molecule has 0 radical (unpaired) electrons. The van der Waals surface area contributed by atoms with Crippen LogP contribution in [-0.4, -0.2) is 29.2 Å². The molecule has 0 bridgehead atoms. The van der Waals surface area contributed by atoms with Gasteiger partial charge in [-0.3, -0.25) is 0 Å². The number of benzene rings is 2. The van der Waals surface area contributed by atoms with Gasteiger partial charge in [0.05, 0.1) is 13.2 Å². The van der Waals surface area contributed by atoms with Gasteiger partial charge in [0.25, 0.3) is 0 Å². The van der Waals surface area contributed by atoms with E-state index in [-0.39, 0.29) is 6.54 Å². The molecule has 2 rings (SSSR count). The number of rotatable bonds is 7. The lowest BCUT2D eigenvalue weighted by atomic mass is 10.1. The molecular weight excluding hydrogens is 340 g/mol. The second-order valence-corrected chi connectivity index (χ2v) is 6.57. The van der Waals surface area contributed by atoms with Crippen LogP contribution >= 0.6 is 0 Å². The van der Waals surface area contributed by atoms with Gasteiger partial charge in [0.1, 0.15) is 17.4 Å². The lowest BCUT2D eigenvalue weighted by Gasteiger charge is -2.19. The molecule has 24 heavy (non-hydrogen) atoms. The van der Waals surface area contributed by atoms with Crippen molar-refractivity contribution in [2.45, 2.75) is 11.0 Å². The van der Waals surface area contributed by atoms with E-state index < -0.39 is 32.7 Å². The van der Waals surface area contributed by atoms with Gasteiger partial charge in [0, 0.05) is 19.2 Å². The first kappa shape index (κ1) is 18.3. The molecule has 0 saturated heterocycles. The highest BCUT2D eigenvalue weighted by molar-refractivity contribution is 7.89. The van der Waals surface area contributed by atoms with Crippen molar-refractivity contribution in [3.05, 3.63) is 59.7 Å². The van der Waals surface area contributed by atoms with Crippen molar-refractivity contribution in [3.63, 3.8) is 0 Å². The maximum absolute atomic E-state index is 13.7. The Bertz CT molecular complexity index is 791. The van der Waals surface area contributed by atoms with Crippen LogP contribution in [0.1, 0.15) is 11.7 Å². The van der Waals surface area contributed by atoms with Crippen LogP contribution in [0.2, 0.25) is 0 Å². The van der Waals surface area contributed by atoms with Crippen LogP contribution in [0.4, 0.5) is 8.78 Å². The topological polar surface area (TPSA) is 64.6 Å². The van der Waals surface area contributed by atoms with Crippen molar-refractivity contribution < 1.29 is 26.7 Å². The van der Waals surface area contributed by atoms with E-state index in [9.17, 15) is 17.2 Å². The first-order chi connectivity index (χ1) is 11.4. The second kappa shape index (κ2) is 7.69. The molecule has 0 aromatic heterocycles. The summed E-state index contributed by atoms with van der Waals surface area (Å²) in [5, 5.41) is 0. The summed E-state index contributed by atoms with van der Waals surface area (Å²) in [7, 11) is -1.50. The second-order valence-electron chi connectivity index (χ2n) is 4.87. The highest BCUT2D eigenvalue weighted by Crippen LogP contribution is 2.27. The summed E-state index contributed by atoms with van der Waals surface area (Å²) in [4.78, 5) is -1.01. The zero-order chi connectivity index (χ0) is 17.7. The minimum atomic E-state index is -4.38. The highest BCUT2D eigenvalue weighted by atomic mass is 32.2. The minimum Gasteiger partial charge on any atom is -0.496 e. The van der Waals surface area contributed by atoms with E-state index in [4.69, 9.17) is 9.47 Å². The van der Waals surface area contributed by atoms with Crippen LogP contribution in [-0.2, 0) is 14.8 Å². The number of hydrogen-bond donors (Lipinski definition) is 1. The fourth-order valence-electron chi connectivity index (χ4n) is 2.25. The van der Waals surface area contributed by atoms with E-state index in [1.165, 1.54) is 14.2 Å². The van der Waals surface area contributed by atoms with Crippen molar-refractivity contribution in [1.29, 1.82) is 0 Å². The molecule has 1 atom stereocenters. The summed E-state index contributed by atoms with van der Waals surface area (Å²) in [6.45, 7) is -0.215. The zero-order valence-corrected chi connectivity index (χ0v) is 13.9. The minimum absolute atomic E-state index is 0.215. The van der Waals surface area contributed by atoms with E-state index in [1.54, 1.807) is 24.3 Å². The van der Waals surface area contributed by atoms with E-state index in [0.29, 0.717) is 11.3 Å². The maximum atomic E-state index is 13.7. The van der Waals surface area contributed by atoms with Gasteiger partial charge < -0.3 is 9.47 Å². The van der Waals surface area contributed by atoms with Gasteiger partial charge in [-0.05, 0) is 18.2 Å². The molecular formula is C16H17F2NO4S. The predicted molar refractivity (Wildman–Crippen MR) is 84.3 cm³/mol. The first-order valence-corrected chi connectivity index (χ1v) is 8.48. The smallest absolute Gasteiger partial charge is 0.246 e. The molecule has 130 valence electrons. The fourth-order valence-corrected chi connectivity index (χ4v) is 3.41.